The van der Waals surface area contributed by atoms with E-state index in [0.29, 0.717) is 23.4 Å². The van der Waals surface area contributed by atoms with Crippen LogP contribution in [-0.2, 0) is 29.6 Å². The van der Waals surface area contributed by atoms with Gasteiger partial charge in [-0.15, -0.1) is 0 Å². The van der Waals surface area contributed by atoms with Crippen LogP contribution in [0.25, 0.3) is 0 Å². The Morgan fingerprint density at radius 1 is 1.38 bits per heavy atom. The largest absolute Gasteiger partial charge is 0.392 e. The van der Waals surface area contributed by atoms with Gasteiger partial charge in [-0.3, -0.25) is 0 Å². The summed E-state index contributed by atoms with van der Waals surface area (Å²) in [4.78, 5) is 4.10. The number of hydrogen-bond acceptors (Lipinski definition) is 6. The number of benzene rings is 1. The van der Waals surface area contributed by atoms with Gasteiger partial charge in [-0.05, 0) is 23.6 Å². The third-order valence-electron chi connectivity index (χ3n) is 2.97. The standard InChI is InChI=1S/C13H17N3O4S/c1-3-11-5-4-10(8-17)6-12(11)21(18,19)14-7-13-15-9(2)20-16-13/h4-6,14,17H,3,7-8H2,1-2H3. The second-order valence-corrected chi connectivity index (χ2v) is 6.24. The molecule has 0 saturated heterocycles. The van der Waals surface area contributed by atoms with E-state index in [-0.39, 0.29) is 23.9 Å². The smallest absolute Gasteiger partial charge is 0.241 e. The fourth-order valence-electron chi connectivity index (χ4n) is 1.89. The van der Waals surface area contributed by atoms with E-state index in [2.05, 4.69) is 14.9 Å². The molecule has 0 fully saturated rings. The van der Waals surface area contributed by atoms with Gasteiger partial charge in [0, 0.05) is 6.92 Å². The minimum absolute atomic E-state index is 0.0494. The number of nitrogens with zero attached hydrogens (tertiary/aromatic N) is 2. The highest BCUT2D eigenvalue weighted by molar-refractivity contribution is 7.89. The first-order valence-electron chi connectivity index (χ1n) is 6.47. The van der Waals surface area contributed by atoms with Crippen molar-refractivity contribution in [2.45, 2.75) is 38.3 Å². The molecule has 1 aromatic heterocycles. The zero-order valence-corrected chi connectivity index (χ0v) is 12.6. The predicted octanol–water partition coefficient (Wildman–Crippen LogP) is 0.911. The maximum absolute atomic E-state index is 12.4. The number of sulfonamides is 1. The topological polar surface area (TPSA) is 105 Å². The molecule has 0 amide bonds. The molecular weight excluding hydrogens is 294 g/mol. The molecule has 0 spiro atoms. The summed E-state index contributed by atoms with van der Waals surface area (Å²) in [6.45, 7) is 3.24. The third-order valence-corrected chi connectivity index (χ3v) is 4.46. The summed E-state index contributed by atoms with van der Waals surface area (Å²) in [5.74, 6) is 0.646. The number of rotatable bonds is 6. The summed E-state index contributed by atoms with van der Waals surface area (Å²) >= 11 is 0. The van der Waals surface area contributed by atoms with Crippen molar-refractivity contribution < 1.29 is 18.0 Å². The van der Waals surface area contributed by atoms with Crippen LogP contribution in [0.1, 0.15) is 29.8 Å². The lowest BCUT2D eigenvalue weighted by atomic mass is 10.1. The number of hydrogen-bond donors (Lipinski definition) is 2. The van der Waals surface area contributed by atoms with Crippen LogP contribution >= 0.6 is 0 Å². The van der Waals surface area contributed by atoms with Crippen molar-refractivity contribution in [3.63, 3.8) is 0 Å². The van der Waals surface area contributed by atoms with Crippen molar-refractivity contribution in [1.82, 2.24) is 14.9 Å². The molecule has 1 aromatic carbocycles. The minimum atomic E-state index is -3.71. The molecular formula is C13H17N3O4S. The van der Waals surface area contributed by atoms with Crippen molar-refractivity contribution in [3.8, 4) is 0 Å². The van der Waals surface area contributed by atoms with Crippen LogP contribution < -0.4 is 4.72 Å². The minimum Gasteiger partial charge on any atom is -0.392 e. The number of aliphatic hydroxyl groups is 1. The highest BCUT2D eigenvalue weighted by Crippen LogP contribution is 2.19. The van der Waals surface area contributed by atoms with Crippen molar-refractivity contribution in [2.24, 2.45) is 0 Å². The summed E-state index contributed by atoms with van der Waals surface area (Å²) in [6, 6.07) is 4.89. The van der Waals surface area contributed by atoms with Crippen LogP contribution in [-0.4, -0.2) is 23.7 Å². The summed E-state index contributed by atoms with van der Waals surface area (Å²) in [5, 5.41) is 12.8. The molecule has 2 aromatic rings. The molecule has 114 valence electrons. The molecule has 0 radical (unpaired) electrons. The Morgan fingerprint density at radius 2 is 2.14 bits per heavy atom. The second-order valence-electron chi connectivity index (χ2n) is 4.51. The molecule has 2 rings (SSSR count). The zero-order chi connectivity index (χ0) is 15.5. The fourth-order valence-corrected chi connectivity index (χ4v) is 3.23. The van der Waals surface area contributed by atoms with Gasteiger partial charge in [0.05, 0.1) is 18.0 Å². The highest BCUT2D eigenvalue weighted by atomic mass is 32.2. The normalized spacial score (nSPS) is 11.8. The lowest BCUT2D eigenvalue weighted by Crippen LogP contribution is -2.25. The summed E-state index contributed by atoms with van der Waals surface area (Å²) in [6.07, 6.45) is 0.573. The highest BCUT2D eigenvalue weighted by Gasteiger charge is 2.19. The first-order chi connectivity index (χ1) is 9.96. The molecule has 8 heteroatoms. The molecule has 0 aliphatic rings. The number of aromatic nitrogens is 2. The van der Waals surface area contributed by atoms with Crippen LogP contribution in [0.4, 0.5) is 0 Å². The van der Waals surface area contributed by atoms with Gasteiger partial charge in [-0.2, -0.15) is 4.98 Å². The monoisotopic (exact) mass is 311 g/mol. The molecule has 0 aliphatic carbocycles. The molecule has 21 heavy (non-hydrogen) atoms. The number of nitrogens with one attached hydrogen (secondary N) is 1. The number of aliphatic hydroxyl groups excluding tert-OH is 1. The zero-order valence-electron chi connectivity index (χ0n) is 11.8. The van der Waals surface area contributed by atoms with E-state index in [1.54, 1.807) is 19.1 Å². The van der Waals surface area contributed by atoms with E-state index in [0.717, 1.165) is 0 Å². The maximum Gasteiger partial charge on any atom is 0.241 e. The molecule has 0 unspecified atom stereocenters. The molecule has 0 aliphatic heterocycles. The average molecular weight is 311 g/mol. The van der Waals surface area contributed by atoms with E-state index in [4.69, 9.17) is 9.63 Å². The van der Waals surface area contributed by atoms with Crippen LogP contribution in [0, 0.1) is 6.92 Å². The Balaban J connectivity index is 2.26. The van der Waals surface area contributed by atoms with Crippen molar-refractivity contribution in [3.05, 3.63) is 41.0 Å². The summed E-state index contributed by atoms with van der Waals surface area (Å²) < 4.78 is 32.0. The van der Waals surface area contributed by atoms with Gasteiger partial charge in [-0.1, -0.05) is 24.2 Å². The van der Waals surface area contributed by atoms with Crippen molar-refractivity contribution in [2.75, 3.05) is 0 Å². The Kier molecular flexibility index (Phi) is 4.71. The average Bonchev–Trinajstić information content (AvgIpc) is 2.90. The molecule has 7 nitrogen and oxygen atoms in total. The lowest BCUT2D eigenvalue weighted by Gasteiger charge is -2.11. The van der Waals surface area contributed by atoms with Gasteiger partial charge in [0.15, 0.2) is 5.82 Å². The van der Waals surface area contributed by atoms with Crippen molar-refractivity contribution in [1.29, 1.82) is 0 Å². The maximum atomic E-state index is 12.4. The van der Waals surface area contributed by atoms with E-state index >= 15 is 0 Å². The van der Waals surface area contributed by atoms with Gasteiger partial charge in [0.2, 0.25) is 15.9 Å². The first kappa shape index (κ1) is 15.6. The molecule has 2 N–H and O–H groups in total. The second kappa shape index (κ2) is 6.33. The fraction of sp³-hybridized carbons (Fsp3) is 0.385. The SMILES string of the molecule is CCc1ccc(CO)cc1S(=O)(=O)NCc1noc(C)n1. The molecule has 0 bridgehead atoms. The first-order valence-corrected chi connectivity index (χ1v) is 7.96. The Bertz CT molecular complexity index is 725. The van der Waals surface area contributed by atoms with Gasteiger partial charge in [0.1, 0.15) is 0 Å². The number of aryl methyl sites for hydroxylation is 2. The van der Waals surface area contributed by atoms with Crippen LogP contribution in [0.15, 0.2) is 27.6 Å². The third kappa shape index (κ3) is 3.66. The lowest BCUT2D eigenvalue weighted by molar-refractivity contribution is 0.281. The molecule has 0 atom stereocenters. The van der Waals surface area contributed by atoms with Gasteiger partial charge in [0.25, 0.3) is 0 Å². The predicted molar refractivity (Wildman–Crippen MR) is 74.8 cm³/mol. The van der Waals surface area contributed by atoms with Gasteiger partial charge >= 0.3 is 0 Å². The van der Waals surface area contributed by atoms with Gasteiger partial charge in [-0.25, -0.2) is 13.1 Å². The summed E-state index contributed by atoms with van der Waals surface area (Å²) in [5.41, 5.74) is 1.23. The van der Waals surface area contributed by atoms with Crippen molar-refractivity contribution >= 4 is 10.0 Å². The van der Waals surface area contributed by atoms with Gasteiger partial charge < -0.3 is 9.63 Å². The van der Waals surface area contributed by atoms with Crippen LogP contribution in [0.5, 0.6) is 0 Å². The van der Waals surface area contributed by atoms with E-state index in [9.17, 15) is 8.42 Å². The quantitative estimate of drug-likeness (QED) is 0.821. The van der Waals surface area contributed by atoms with E-state index in [1.165, 1.54) is 6.07 Å². The van der Waals surface area contributed by atoms with Crippen LogP contribution in [0.2, 0.25) is 0 Å². The summed E-state index contributed by atoms with van der Waals surface area (Å²) in [7, 11) is -3.71. The Morgan fingerprint density at radius 3 is 2.71 bits per heavy atom. The Labute approximate surface area is 123 Å². The van der Waals surface area contributed by atoms with E-state index in [1.807, 2.05) is 6.92 Å². The Hall–Kier alpha value is -1.77. The molecule has 1 heterocycles. The molecule has 0 saturated carbocycles. The van der Waals surface area contributed by atoms with E-state index < -0.39 is 10.0 Å². The van der Waals surface area contributed by atoms with Crippen LogP contribution in [0.3, 0.4) is 0 Å².